The van der Waals surface area contributed by atoms with Crippen LogP contribution in [0, 0.1) is 0 Å². The van der Waals surface area contributed by atoms with E-state index in [0.717, 1.165) is 77.7 Å². The summed E-state index contributed by atoms with van der Waals surface area (Å²) >= 11 is 15.1. The zero-order valence-corrected chi connectivity index (χ0v) is 23.4. The molecule has 2 aliphatic rings. The predicted octanol–water partition coefficient (Wildman–Crippen LogP) is 5.17. The first-order valence-electron chi connectivity index (χ1n) is 12.5. The van der Waals surface area contributed by atoms with Gasteiger partial charge in [-0.1, -0.05) is 41.0 Å². The summed E-state index contributed by atoms with van der Waals surface area (Å²) in [7, 11) is 0. The van der Waals surface area contributed by atoms with Crippen molar-refractivity contribution in [2.24, 2.45) is 0 Å². The van der Waals surface area contributed by atoms with Crippen LogP contribution in [-0.4, -0.2) is 59.2 Å². The lowest BCUT2D eigenvalue weighted by Gasteiger charge is -2.32. The summed E-state index contributed by atoms with van der Waals surface area (Å²) in [6.07, 6.45) is 3.74. The Morgan fingerprint density at radius 2 is 1.95 bits per heavy atom. The average Bonchev–Trinajstić information content (AvgIpc) is 3.56. The number of thioether (sulfide) groups is 1. The molecule has 0 saturated carbocycles. The number of halogens is 2. The molecule has 0 radical (unpaired) electrons. The number of rotatable bonds is 8. The Bertz CT molecular complexity index is 1270. The van der Waals surface area contributed by atoms with Crippen molar-refractivity contribution in [1.29, 1.82) is 0 Å². The lowest BCUT2D eigenvalue weighted by Crippen LogP contribution is -2.44. The van der Waals surface area contributed by atoms with Crippen molar-refractivity contribution >= 4 is 74.0 Å². The molecule has 2 amide bonds. The molecule has 3 heterocycles. The number of piperidine rings is 1. The molecule has 2 fully saturated rings. The van der Waals surface area contributed by atoms with Crippen molar-refractivity contribution in [2.75, 3.05) is 30.7 Å². The normalized spacial score (nSPS) is 18.8. The number of nitrogens with zero attached hydrogens (tertiary/aromatic N) is 2. The smallest absolute Gasteiger partial charge is 0.241 e. The summed E-state index contributed by atoms with van der Waals surface area (Å²) in [6, 6.07) is 11.6. The molecule has 2 aliphatic heterocycles. The van der Waals surface area contributed by atoms with Crippen LogP contribution in [0.2, 0.25) is 10.0 Å². The Kier molecular flexibility index (Phi) is 8.89. The van der Waals surface area contributed by atoms with E-state index in [4.69, 9.17) is 23.2 Å². The summed E-state index contributed by atoms with van der Waals surface area (Å²) in [5, 5.41) is 10.5. The van der Waals surface area contributed by atoms with E-state index in [1.807, 2.05) is 36.4 Å². The van der Waals surface area contributed by atoms with Crippen LogP contribution in [0.15, 0.2) is 40.7 Å². The van der Waals surface area contributed by atoms with E-state index in [1.165, 1.54) is 11.8 Å². The molecule has 196 valence electrons. The van der Waals surface area contributed by atoms with Gasteiger partial charge in [0.25, 0.3) is 0 Å². The number of anilines is 1. The van der Waals surface area contributed by atoms with Crippen LogP contribution in [0.25, 0.3) is 10.2 Å². The van der Waals surface area contributed by atoms with Crippen molar-refractivity contribution in [3.63, 3.8) is 0 Å². The van der Waals surface area contributed by atoms with Crippen molar-refractivity contribution in [2.45, 2.75) is 48.7 Å². The lowest BCUT2D eigenvalue weighted by atomic mass is 10.0. The Balaban J connectivity index is 1.06. The maximum atomic E-state index is 12.6. The van der Waals surface area contributed by atoms with Crippen LogP contribution in [0.3, 0.4) is 0 Å². The Labute approximate surface area is 234 Å². The second-order valence-electron chi connectivity index (χ2n) is 9.46. The summed E-state index contributed by atoms with van der Waals surface area (Å²) in [4.78, 5) is 32.0. The molecule has 3 aromatic rings. The van der Waals surface area contributed by atoms with E-state index in [2.05, 4.69) is 25.8 Å². The molecule has 1 atom stereocenters. The number of hydrogen-bond acceptors (Lipinski definition) is 7. The molecule has 37 heavy (non-hydrogen) atoms. The number of benzene rings is 2. The third-order valence-corrected chi connectivity index (χ3v) is 9.58. The van der Waals surface area contributed by atoms with Gasteiger partial charge in [-0.25, -0.2) is 4.98 Å². The molecular formula is C26H29Cl2N5O2S2. The predicted molar refractivity (Wildman–Crippen MR) is 153 cm³/mol. The van der Waals surface area contributed by atoms with Gasteiger partial charge in [-0.15, -0.1) is 11.3 Å². The van der Waals surface area contributed by atoms with Gasteiger partial charge in [0, 0.05) is 31.4 Å². The molecule has 5 rings (SSSR count). The van der Waals surface area contributed by atoms with Crippen LogP contribution in [0.1, 0.15) is 31.2 Å². The number of amides is 2. The molecule has 0 bridgehead atoms. The number of hydrogen-bond donors (Lipinski definition) is 3. The van der Waals surface area contributed by atoms with Gasteiger partial charge in [0.05, 0.1) is 32.1 Å². The molecule has 2 aromatic carbocycles. The van der Waals surface area contributed by atoms with E-state index < -0.39 is 0 Å². The van der Waals surface area contributed by atoms with E-state index in [1.54, 1.807) is 11.3 Å². The van der Waals surface area contributed by atoms with Crippen LogP contribution in [0.4, 0.5) is 5.69 Å². The molecule has 1 aromatic heterocycles. The average molecular weight is 579 g/mol. The summed E-state index contributed by atoms with van der Waals surface area (Å²) in [5.74, 6) is 0.373. The van der Waals surface area contributed by atoms with Gasteiger partial charge in [-0.05, 0) is 68.1 Å². The number of carbonyl (C=O) groups excluding carboxylic acids is 2. The van der Waals surface area contributed by atoms with Crippen LogP contribution in [0.5, 0.6) is 0 Å². The first-order chi connectivity index (χ1) is 17.9. The summed E-state index contributed by atoms with van der Waals surface area (Å²) in [5.41, 5.74) is 2.79. The number of thiazole rings is 1. The highest BCUT2D eigenvalue weighted by Crippen LogP contribution is 2.31. The minimum Gasteiger partial charge on any atom is -0.353 e. The fourth-order valence-corrected chi connectivity index (χ4v) is 6.95. The van der Waals surface area contributed by atoms with Gasteiger partial charge in [0.15, 0.2) is 4.34 Å². The quantitative estimate of drug-likeness (QED) is 0.320. The van der Waals surface area contributed by atoms with Crippen molar-refractivity contribution in [3.05, 3.63) is 52.0 Å². The highest BCUT2D eigenvalue weighted by molar-refractivity contribution is 8.01. The Hall–Kier alpha value is -1.88. The molecule has 1 unspecified atom stereocenters. The Morgan fingerprint density at radius 1 is 1.11 bits per heavy atom. The van der Waals surface area contributed by atoms with Gasteiger partial charge in [-0.3, -0.25) is 14.5 Å². The lowest BCUT2D eigenvalue weighted by molar-refractivity contribution is -0.119. The molecule has 7 nitrogen and oxygen atoms in total. The first kappa shape index (κ1) is 26.7. The van der Waals surface area contributed by atoms with Gasteiger partial charge < -0.3 is 16.0 Å². The Morgan fingerprint density at radius 3 is 2.70 bits per heavy atom. The summed E-state index contributed by atoms with van der Waals surface area (Å²) < 4.78 is 1.84. The molecule has 2 saturated heterocycles. The van der Waals surface area contributed by atoms with Crippen LogP contribution >= 0.6 is 46.3 Å². The molecule has 0 spiro atoms. The second-order valence-corrected chi connectivity index (χ2v) is 12.5. The maximum absolute atomic E-state index is 12.6. The summed E-state index contributed by atoms with van der Waals surface area (Å²) in [6.45, 7) is 3.56. The second kappa shape index (κ2) is 12.3. The van der Waals surface area contributed by atoms with Gasteiger partial charge in [0.2, 0.25) is 11.8 Å². The highest BCUT2D eigenvalue weighted by Gasteiger charge is 2.23. The van der Waals surface area contributed by atoms with Crippen molar-refractivity contribution < 1.29 is 9.59 Å². The fraction of sp³-hybridized carbons (Fsp3) is 0.423. The number of nitrogens with one attached hydrogen (secondary N) is 3. The van der Waals surface area contributed by atoms with Crippen molar-refractivity contribution in [3.8, 4) is 0 Å². The fourth-order valence-electron chi connectivity index (χ4n) is 4.71. The van der Waals surface area contributed by atoms with E-state index in [0.29, 0.717) is 15.8 Å². The van der Waals surface area contributed by atoms with Gasteiger partial charge in [-0.2, -0.15) is 0 Å². The van der Waals surface area contributed by atoms with E-state index >= 15 is 0 Å². The SMILES string of the molecule is O=C(CSc1nc2ccc(NC(=O)C3CCCN3)cc2s1)NC1CCN(Cc2ccc(Cl)c(Cl)c2)CC1. The minimum atomic E-state index is -0.114. The van der Waals surface area contributed by atoms with Crippen LogP contribution in [-0.2, 0) is 16.1 Å². The third-order valence-electron chi connectivity index (χ3n) is 6.68. The molecule has 3 N–H and O–H groups in total. The number of likely N-dealkylation sites (tertiary alicyclic amines) is 1. The van der Waals surface area contributed by atoms with E-state index in [-0.39, 0.29) is 23.9 Å². The third kappa shape index (κ3) is 7.16. The monoisotopic (exact) mass is 577 g/mol. The standard InChI is InChI=1S/C26H29Cl2N5O2S2/c27-19-5-3-16(12-20(19)28)14-33-10-7-17(8-11-33)30-24(34)15-36-26-32-21-6-4-18(13-23(21)37-26)31-25(35)22-2-1-9-29-22/h3-6,12-13,17,22,29H,1-2,7-11,14-15H2,(H,30,34)(H,31,35). The number of carbonyl (C=O) groups is 2. The largest absolute Gasteiger partial charge is 0.353 e. The molecule has 11 heteroatoms. The first-order valence-corrected chi connectivity index (χ1v) is 15.0. The van der Waals surface area contributed by atoms with Gasteiger partial charge in [0.1, 0.15) is 0 Å². The van der Waals surface area contributed by atoms with Gasteiger partial charge >= 0.3 is 0 Å². The highest BCUT2D eigenvalue weighted by atomic mass is 35.5. The number of aromatic nitrogens is 1. The maximum Gasteiger partial charge on any atom is 0.241 e. The zero-order chi connectivity index (χ0) is 25.8. The van der Waals surface area contributed by atoms with Crippen molar-refractivity contribution in [1.82, 2.24) is 20.5 Å². The zero-order valence-electron chi connectivity index (χ0n) is 20.3. The topological polar surface area (TPSA) is 86.4 Å². The van der Waals surface area contributed by atoms with Crippen LogP contribution < -0.4 is 16.0 Å². The molecule has 0 aliphatic carbocycles. The minimum absolute atomic E-state index is 0.00726. The van der Waals surface area contributed by atoms with E-state index in [9.17, 15) is 9.59 Å². The molecular weight excluding hydrogens is 549 g/mol. The number of fused-ring (bicyclic) bond motifs is 1.